The number of para-hydroxylation sites is 1. The first kappa shape index (κ1) is 19.9. The van der Waals surface area contributed by atoms with Gasteiger partial charge in [0.25, 0.3) is 5.91 Å². The smallest absolute Gasteiger partial charge is 0.258 e. The first-order valence-electron chi connectivity index (χ1n) is 9.96. The quantitative estimate of drug-likeness (QED) is 0.743. The Bertz CT molecular complexity index is 902. The Morgan fingerprint density at radius 3 is 2.72 bits per heavy atom. The fraction of sp³-hybridized carbons (Fsp3) is 0.409. The Labute approximate surface area is 178 Å². The number of fused-ring (bicyclic) bond motifs is 1. The Kier molecular flexibility index (Phi) is 5.85. The van der Waals surface area contributed by atoms with Crippen molar-refractivity contribution in [3.63, 3.8) is 0 Å². The van der Waals surface area contributed by atoms with Crippen molar-refractivity contribution in [1.29, 1.82) is 0 Å². The first-order chi connectivity index (χ1) is 14.1. The molecule has 152 valence electrons. The van der Waals surface area contributed by atoms with E-state index in [-0.39, 0.29) is 17.9 Å². The summed E-state index contributed by atoms with van der Waals surface area (Å²) in [5.74, 6) is 1.05. The number of nitrogens with zero attached hydrogens (tertiary/aromatic N) is 2. The average Bonchev–Trinajstić information content (AvgIpc) is 3.14. The van der Waals surface area contributed by atoms with Crippen LogP contribution in [-0.4, -0.2) is 40.9 Å². The van der Waals surface area contributed by atoms with E-state index in [1.165, 1.54) is 0 Å². The van der Waals surface area contributed by atoms with Crippen molar-refractivity contribution in [2.75, 3.05) is 12.4 Å². The van der Waals surface area contributed by atoms with Crippen LogP contribution in [-0.2, 0) is 4.79 Å². The van der Waals surface area contributed by atoms with Crippen LogP contribution < -0.4 is 10.1 Å². The van der Waals surface area contributed by atoms with Gasteiger partial charge >= 0.3 is 0 Å². The number of halogens is 1. The van der Waals surface area contributed by atoms with Gasteiger partial charge in [0.15, 0.2) is 0 Å². The molecular formula is C22H24BrN3O3. The number of hydrogen-bond acceptors (Lipinski definition) is 4. The molecule has 29 heavy (non-hydrogen) atoms. The standard InChI is InChI=1S/C22H24BrN3O3/c1-29-19-9-5-3-7-16(19)22(28)26-17-8-4-2-6-14(17)12-18(26)21(27)25-20-11-10-15(23)13-24-20/h3,5,7,9-11,13-14,17-18H,2,4,6,8,12H2,1H3,(H,24,25,27). The Balaban J connectivity index is 1.63. The van der Waals surface area contributed by atoms with Crippen LogP contribution in [0, 0.1) is 5.92 Å². The van der Waals surface area contributed by atoms with E-state index in [4.69, 9.17) is 4.74 Å². The second kappa shape index (κ2) is 8.53. The van der Waals surface area contributed by atoms with Crippen molar-refractivity contribution < 1.29 is 14.3 Å². The molecular weight excluding hydrogens is 434 g/mol. The lowest BCUT2D eigenvalue weighted by Gasteiger charge is -2.34. The highest BCUT2D eigenvalue weighted by Gasteiger charge is 2.48. The number of benzene rings is 1. The molecule has 2 aliphatic rings. The van der Waals surface area contributed by atoms with Gasteiger partial charge in [0.05, 0.1) is 12.7 Å². The lowest BCUT2D eigenvalue weighted by atomic mass is 9.84. The molecule has 6 nitrogen and oxygen atoms in total. The third-order valence-corrected chi connectivity index (χ3v) is 6.41. The number of carbonyl (C=O) groups is 2. The summed E-state index contributed by atoms with van der Waals surface area (Å²) in [7, 11) is 1.56. The molecule has 3 atom stereocenters. The van der Waals surface area contributed by atoms with Crippen LogP contribution in [0.1, 0.15) is 42.5 Å². The molecule has 2 fully saturated rings. The van der Waals surface area contributed by atoms with Crippen LogP contribution in [0.25, 0.3) is 0 Å². The van der Waals surface area contributed by atoms with Gasteiger partial charge in [-0.15, -0.1) is 0 Å². The maximum atomic E-state index is 13.5. The Morgan fingerprint density at radius 2 is 1.97 bits per heavy atom. The third kappa shape index (κ3) is 4.01. The van der Waals surface area contributed by atoms with E-state index in [2.05, 4.69) is 26.2 Å². The summed E-state index contributed by atoms with van der Waals surface area (Å²) in [6.45, 7) is 0. The summed E-state index contributed by atoms with van der Waals surface area (Å²) in [6, 6.07) is 10.4. The zero-order valence-corrected chi connectivity index (χ0v) is 17.9. The van der Waals surface area contributed by atoms with E-state index in [1.54, 1.807) is 36.4 Å². The van der Waals surface area contributed by atoms with Crippen molar-refractivity contribution in [1.82, 2.24) is 9.88 Å². The second-order valence-electron chi connectivity index (χ2n) is 7.63. The average molecular weight is 458 g/mol. The summed E-state index contributed by atoms with van der Waals surface area (Å²) in [6.07, 6.45) is 6.56. The van der Waals surface area contributed by atoms with Gasteiger partial charge in [-0.05, 0) is 65.4 Å². The number of ether oxygens (including phenoxy) is 1. The minimum absolute atomic E-state index is 0.0924. The van der Waals surface area contributed by atoms with Crippen LogP contribution in [0.5, 0.6) is 5.75 Å². The van der Waals surface area contributed by atoms with Gasteiger partial charge in [-0.25, -0.2) is 4.98 Å². The van der Waals surface area contributed by atoms with Crippen molar-refractivity contribution in [2.45, 2.75) is 44.2 Å². The molecule has 1 N–H and O–H groups in total. The summed E-state index contributed by atoms with van der Waals surface area (Å²) in [4.78, 5) is 32.7. The molecule has 2 aromatic rings. The van der Waals surface area contributed by atoms with Gasteiger partial charge in [0.2, 0.25) is 5.91 Å². The third-order valence-electron chi connectivity index (χ3n) is 5.94. The number of pyridine rings is 1. The molecule has 1 aromatic heterocycles. The van der Waals surface area contributed by atoms with E-state index in [0.717, 1.165) is 30.2 Å². The minimum Gasteiger partial charge on any atom is -0.496 e. The fourth-order valence-electron chi connectivity index (χ4n) is 4.61. The van der Waals surface area contributed by atoms with Crippen molar-refractivity contribution in [2.24, 2.45) is 5.92 Å². The summed E-state index contributed by atoms with van der Waals surface area (Å²) >= 11 is 3.35. The Hall–Kier alpha value is -2.41. The Morgan fingerprint density at radius 1 is 1.17 bits per heavy atom. The lowest BCUT2D eigenvalue weighted by Crippen LogP contribution is -2.48. The topological polar surface area (TPSA) is 71.5 Å². The number of carbonyl (C=O) groups excluding carboxylic acids is 2. The number of anilines is 1. The molecule has 3 unspecified atom stereocenters. The zero-order valence-electron chi connectivity index (χ0n) is 16.3. The molecule has 0 bridgehead atoms. The van der Waals surface area contributed by atoms with Gasteiger partial charge in [-0.1, -0.05) is 25.0 Å². The molecule has 1 aliphatic heterocycles. The molecule has 0 spiro atoms. The predicted molar refractivity (Wildman–Crippen MR) is 114 cm³/mol. The summed E-state index contributed by atoms with van der Waals surface area (Å²) < 4.78 is 6.25. The molecule has 2 amide bonds. The first-order valence-corrected chi connectivity index (χ1v) is 10.8. The number of rotatable bonds is 4. The normalized spacial score (nSPS) is 23.4. The van der Waals surface area contributed by atoms with Crippen molar-refractivity contribution in [3.05, 3.63) is 52.6 Å². The monoisotopic (exact) mass is 457 g/mol. The highest BCUT2D eigenvalue weighted by atomic mass is 79.9. The fourth-order valence-corrected chi connectivity index (χ4v) is 4.84. The maximum Gasteiger partial charge on any atom is 0.258 e. The van der Waals surface area contributed by atoms with E-state index >= 15 is 0 Å². The summed E-state index contributed by atoms with van der Waals surface area (Å²) in [5, 5.41) is 2.89. The highest BCUT2D eigenvalue weighted by Crippen LogP contribution is 2.41. The molecule has 1 aromatic carbocycles. The van der Waals surface area contributed by atoms with Gasteiger partial charge in [0, 0.05) is 16.7 Å². The lowest BCUT2D eigenvalue weighted by molar-refractivity contribution is -0.120. The van der Waals surface area contributed by atoms with Gasteiger partial charge in [0.1, 0.15) is 17.6 Å². The summed E-state index contributed by atoms with van der Waals surface area (Å²) in [5.41, 5.74) is 0.501. The number of methoxy groups -OCH3 is 1. The molecule has 7 heteroatoms. The van der Waals surface area contributed by atoms with Gasteiger partial charge in [-0.3, -0.25) is 9.59 Å². The number of amides is 2. The number of aromatic nitrogens is 1. The van der Waals surface area contributed by atoms with Crippen LogP contribution >= 0.6 is 15.9 Å². The SMILES string of the molecule is COc1ccccc1C(=O)N1C(C(=O)Nc2ccc(Br)cn2)CC2CCCCC21. The van der Waals surface area contributed by atoms with E-state index in [1.807, 2.05) is 18.2 Å². The number of nitrogens with one attached hydrogen (secondary N) is 1. The van der Waals surface area contributed by atoms with E-state index < -0.39 is 6.04 Å². The molecule has 2 heterocycles. The largest absolute Gasteiger partial charge is 0.496 e. The predicted octanol–water partition coefficient (Wildman–Crippen LogP) is 4.26. The zero-order chi connectivity index (χ0) is 20.4. The number of likely N-dealkylation sites (tertiary alicyclic amines) is 1. The van der Waals surface area contributed by atoms with Gasteiger partial charge in [-0.2, -0.15) is 0 Å². The van der Waals surface area contributed by atoms with Crippen molar-refractivity contribution in [3.8, 4) is 5.75 Å². The molecule has 4 rings (SSSR count). The molecule has 1 saturated carbocycles. The van der Waals surface area contributed by atoms with Crippen LogP contribution in [0.4, 0.5) is 5.82 Å². The van der Waals surface area contributed by atoms with Gasteiger partial charge < -0.3 is 15.0 Å². The molecule has 1 saturated heterocycles. The molecule has 1 aliphatic carbocycles. The van der Waals surface area contributed by atoms with E-state index in [9.17, 15) is 9.59 Å². The number of hydrogen-bond donors (Lipinski definition) is 1. The molecule has 0 radical (unpaired) electrons. The van der Waals surface area contributed by atoms with Crippen molar-refractivity contribution >= 4 is 33.6 Å². The van der Waals surface area contributed by atoms with Crippen LogP contribution in [0.15, 0.2) is 47.1 Å². The van der Waals surface area contributed by atoms with Crippen LogP contribution in [0.3, 0.4) is 0 Å². The van der Waals surface area contributed by atoms with Crippen LogP contribution in [0.2, 0.25) is 0 Å². The highest BCUT2D eigenvalue weighted by molar-refractivity contribution is 9.10. The minimum atomic E-state index is -0.508. The second-order valence-corrected chi connectivity index (χ2v) is 8.54. The van der Waals surface area contributed by atoms with E-state index in [0.29, 0.717) is 29.5 Å². The maximum absolute atomic E-state index is 13.5.